The Balaban J connectivity index is 2.06. The third-order valence-corrected chi connectivity index (χ3v) is 5.10. The number of hydrogen-bond donors (Lipinski definition) is 2. The number of ether oxygens (including phenoxy) is 1. The van der Waals surface area contributed by atoms with Crippen molar-refractivity contribution in [3.63, 3.8) is 0 Å². The van der Waals surface area contributed by atoms with Gasteiger partial charge in [0.1, 0.15) is 0 Å². The van der Waals surface area contributed by atoms with Gasteiger partial charge in [0, 0.05) is 23.8 Å². The molecule has 1 aromatic rings. The van der Waals surface area contributed by atoms with E-state index in [4.69, 9.17) is 17.0 Å². The molecule has 0 bridgehead atoms. The first kappa shape index (κ1) is 17.2. The van der Waals surface area contributed by atoms with Crippen LogP contribution in [0.2, 0.25) is 0 Å². The zero-order valence-corrected chi connectivity index (χ0v) is 15.0. The average molecular weight is 321 g/mol. The Morgan fingerprint density at radius 3 is 2.82 bits per heavy atom. The van der Waals surface area contributed by atoms with E-state index >= 15 is 0 Å². The molecule has 0 spiro atoms. The molecule has 1 saturated heterocycles. The molecule has 3 unspecified atom stereocenters. The quantitative estimate of drug-likeness (QED) is 0.817. The van der Waals surface area contributed by atoms with Gasteiger partial charge in [-0.15, -0.1) is 0 Å². The smallest absolute Gasteiger partial charge is 0.217 e. The van der Waals surface area contributed by atoms with E-state index in [1.165, 1.54) is 12.0 Å². The summed E-state index contributed by atoms with van der Waals surface area (Å²) in [4.78, 5) is 5.43. The summed E-state index contributed by atoms with van der Waals surface area (Å²) in [5.41, 5.74) is 3.28. The normalized spacial score (nSPS) is 25.0. The average Bonchev–Trinajstić information content (AvgIpc) is 2.49. The molecular weight excluding hydrogens is 294 g/mol. The van der Waals surface area contributed by atoms with Crippen molar-refractivity contribution < 1.29 is 4.74 Å². The second-order valence-electron chi connectivity index (χ2n) is 6.19. The SMILES string of the molecule is CCC1CC(NCc2cc(C)c(C)nc2OC)C(=S)NC1C. The monoisotopic (exact) mass is 321 g/mol. The molecule has 0 radical (unpaired) electrons. The molecule has 4 nitrogen and oxygen atoms in total. The van der Waals surface area contributed by atoms with Gasteiger partial charge in [-0.1, -0.05) is 25.6 Å². The highest BCUT2D eigenvalue weighted by Gasteiger charge is 2.29. The van der Waals surface area contributed by atoms with Crippen molar-refractivity contribution in [1.29, 1.82) is 0 Å². The van der Waals surface area contributed by atoms with Gasteiger partial charge in [-0.05, 0) is 44.7 Å². The molecule has 2 N–H and O–H groups in total. The van der Waals surface area contributed by atoms with E-state index in [1.807, 2.05) is 6.92 Å². The fourth-order valence-corrected chi connectivity index (χ4v) is 3.39. The number of methoxy groups -OCH3 is 1. The Kier molecular flexibility index (Phi) is 5.75. The number of nitrogens with one attached hydrogen (secondary N) is 2. The lowest BCUT2D eigenvalue weighted by Gasteiger charge is -2.36. The van der Waals surface area contributed by atoms with E-state index in [-0.39, 0.29) is 6.04 Å². The van der Waals surface area contributed by atoms with E-state index < -0.39 is 0 Å². The van der Waals surface area contributed by atoms with Gasteiger partial charge in [-0.3, -0.25) is 0 Å². The molecule has 1 aliphatic rings. The number of thiocarbonyl (C=S) groups is 1. The molecule has 0 aromatic carbocycles. The number of aromatic nitrogens is 1. The van der Waals surface area contributed by atoms with Gasteiger partial charge in [-0.25, -0.2) is 4.98 Å². The largest absolute Gasteiger partial charge is 0.481 e. The van der Waals surface area contributed by atoms with Crippen LogP contribution in [0.25, 0.3) is 0 Å². The summed E-state index contributed by atoms with van der Waals surface area (Å²) < 4.78 is 5.41. The summed E-state index contributed by atoms with van der Waals surface area (Å²) in [5, 5.41) is 7.01. The van der Waals surface area contributed by atoms with Crippen molar-refractivity contribution in [2.24, 2.45) is 5.92 Å². The number of nitrogens with zero attached hydrogens (tertiary/aromatic N) is 1. The Morgan fingerprint density at radius 1 is 1.45 bits per heavy atom. The number of rotatable bonds is 5. The third kappa shape index (κ3) is 3.76. The minimum absolute atomic E-state index is 0.225. The first-order valence-electron chi connectivity index (χ1n) is 8.01. The summed E-state index contributed by atoms with van der Waals surface area (Å²) in [5.74, 6) is 1.36. The lowest BCUT2D eigenvalue weighted by atomic mass is 9.87. The number of pyridine rings is 1. The van der Waals surface area contributed by atoms with Gasteiger partial charge < -0.3 is 15.4 Å². The molecular formula is C17H27N3OS. The molecule has 3 atom stereocenters. The van der Waals surface area contributed by atoms with Crippen LogP contribution in [-0.2, 0) is 6.54 Å². The van der Waals surface area contributed by atoms with Gasteiger partial charge >= 0.3 is 0 Å². The molecule has 0 amide bonds. The van der Waals surface area contributed by atoms with E-state index in [1.54, 1.807) is 7.11 Å². The predicted octanol–water partition coefficient (Wildman–Crippen LogP) is 2.90. The lowest BCUT2D eigenvalue weighted by Crippen LogP contribution is -2.54. The van der Waals surface area contributed by atoms with Crippen molar-refractivity contribution >= 4 is 17.2 Å². The Hall–Kier alpha value is -1.20. The molecule has 122 valence electrons. The zero-order valence-electron chi connectivity index (χ0n) is 14.2. The fraction of sp³-hybridized carbons (Fsp3) is 0.647. The molecule has 2 rings (SSSR count). The van der Waals surface area contributed by atoms with Gasteiger partial charge in [0.15, 0.2) is 0 Å². The van der Waals surface area contributed by atoms with Crippen LogP contribution in [0.3, 0.4) is 0 Å². The van der Waals surface area contributed by atoms with E-state index in [0.717, 1.165) is 22.7 Å². The Bertz CT molecular complexity index is 547. The van der Waals surface area contributed by atoms with Crippen molar-refractivity contribution in [2.45, 2.75) is 59.2 Å². The Labute approximate surface area is 139 Å². The summed E-state index contributed by atoms with van der Waals surface area (Å²) in [6, 6.07) is 2.84. The third-order valence-electron chi connectivity index (χ3n) is 4.69. The standard InChI is InChI=1S/C17H27N3OS/c1-6-13-8-15(17(22)20-12(13)4)18-9-14-7-10(2)11(3)19-16(14)21-5/h7,12-13,15,18H,6,8-9H2,1-5H3,(H,20,22). The zero-order chi connectivity index (χ0) is 16.3. The van der Waals surface area contributed by atoms with Gasteiger partial charge in [0.2, 0.25) is 5.88 Å². The van der Waals surface area contributed by atoms with Gasteiger partial charge in [0.05, 0.1) is 18.1 Å². The first-order valence-corrected chi connectivity index (χ1v) is 8.41. The lowest BCUT2D eigenvalue weighted by molar-refractivity contribution is 0.318. The van der Waals surface area contributed by atoms with E-state index in [0.29, 0.717) is 24.4 Å². The maximum atomic E-state index is 5.51. The minimum atomic E-state index is 0.225. The van der Waals surface area contributed by atoms with Crippen LogP contribution in [-0.4, -0.2) is 29.2 Å². The predicted molar refractivity (Wildman–Crippen MR) is 94.5 cm³/mol. The summed E-state index contributed by atoms with van der Waals surface area (Å²) in [6.07, 6.45) is 2.26. The van der Waals surface area contributed by atoms with Crippen LogP contribution in [0.1, 0.15) is 43.5 Å². The van der Waals surface area contributed by atoms with Gasteiger partial charge in [0.25, 0.3) is 0 Å². The molecule has 1 fully saturated rings. The molecule has 0 saturated carbocycles. The van der Waals surface area contributed by atoms with Crippen LogP contribution in [0.15, 0.2) is 6.07 Å². The molecule has 2 heterocycles. The van der Waals surface area contributed by atoms with Crippen molar-refractivity contribution in [3.05, 3.63) is 22.9 Å². The van der Waals surface area contributed by atoms with Crippen LogP contribution in [0, 0.1) is 19.8 Å². The molecule has 1 aromatic heterocycles. The highest BCUT2D eigenvalue weighted by molar-refractivity contribution is 7.80. The Morgan fingerprint density at radius 2 is 2.18 bits per heavy atom. The van der Waals surface area contributed by atoms with E-state index in [2.05, 4.69) is 42.5 Å². The van der Waals surface area contributed by atoms with Gasteiger partial charge in [-0.2, -0.15) is 0 Å². The molecule has 22 heavy (non-hydrogen) atoms. The second kappa shape index (κ2) is 7.38. The maximum Gasteiger partial charge on any atom is 0.217 e. The van der Waals surface area contributed by atoms with Crippen LogP contribution in [0.4, 0.5) is 0 Å². The topological polar surface area (TPSA) is 46.2 Å². The summed E-state index contributed by atoms with van der Waals surface area (Å²) >= 11 is 5.51. The highest BCUT2D eigenvalue weighted by atomic mass is 32.1. The van der Waals surface area contributed by atoms with Crippen LogP contribution >= 0.6 is 12.2 Å². The van der Waals surface area contributed by atoms with E-state index in [9.17, 15) is 0 Å². The molecule has 1 aliphatic heterocycles. The van der Waals surface area contributed by atoms with Crippen molar-refractivity contribution in [1.82, 2.24) is 15.6 Å². The summed E-state index contributed by atoms with van der Waals surface area (Å²) in [6.45, 7) is 9.25. The fourth-order valence-electron chi connectivity index (χ4n) is 3.03. The minimum Gasteiger partial charge on any atom is -0.481 e. The number of aryl methyl sites for hydroxylation is 2. The van der Waals surface area contributed by atoms with Crippen LogP contribution in [0.5, 0.6) is 5.88 Å². The number of piperidine rings is 1. The second-order valence-corrected chi connectivity index (χ2v) is 6.63. The van der Waals surface area contributed by atoms with Crippen molar-refractivity contribution in [2.75, 3.05) is 7.11 Å². The van der Waals surface area contributed by atoms with Crippen LogP contribution < -0.4 is 15.4 Å². The molecule has 5 heteroatoms. The number of hydrogen-bond acceptors (Lipinski definition) is 4. The molecule has 0 aliphatic carbocycles. The summed E-state index contributed by atoms with van der Waals surface area (Å²) in [7, 11) is 1.67. The maximum absolute atomic E-state index is 5.51. The highest BCUT2D eigenvalue weighted by Crippen LogP contribution is 2.23. The van der Waals surface area contributed by atoms with Crippen molar-refractivity contribution in [3.8, 4) is 5.88 Å². The first-order chi connectivity index (χ1) is 10.5.